The van der Waals surface area contributed by atoms with Crippen molar-refractivity contribution in [2.45, 2.75) is 129 Å². The molecule has 0 spiro atoms. The summed E-state index contributed by atoms with van der Waals surface area (Å²) in [6, 6.07) is 0.567. The van der Waals surface area contributed by atoms with Gasteiger partial charge in [-0.1, -0.05) is 27.7 Å². The Bertz CT molecular complexity index is 1000. The summed E-state index contributed by atoms with van der Waals surface area (Å²) in [7, 11) is -4.50. The van der Waals surface area contributed by atoms with Gasteiger partial charge < -0.3 is 26.6 Å². The Kier molecular flexibility index (Phi) is 13.0. The summed E-state index contributed by atoms with van der Waals surface area (Å²) < 4.78 is 35.2. The Morgan fingerprint density at radius 2 is 1.64 bits per heavy atom. The quantitative estimate of drug-likeness (QED) is 0.0991. The van der Waals surface area contributed by atoms with Gasteiger partial charge in [0.15, 0.2) is 0 Å². The predicted octanol–water partition coefficient (Wildman–Crippen LogP) is 4.53. The normalized spacial score (nSPS) is 39.2. The second-order valence-electron chi connectivity index (χ2n) is 15.9. The van der Waals surface area contributed by atoms with Crippen LogP contribution in [0, 0.1) is 52.3 Å². The van der Waals surface area contributed by atoms with Gasteiger partial charge in [0.05, 0.1) is 18.8 Å². The molecule has 9 nitrogen and oxygen atoms in total. The molecule has 258 valence electrons. The number of aliphatic hydroxyl groups is 2. The SMILES string of the molecule is CC(COS(=O)(=O)O)[C@H](O)CC[C@@H](C)C1CC[C@H]2[C@@H]3[C@H](O)C[C@H]4C[C@@H](NCCCNCCCCN)CC[C@]4(C)[C@H]3CC[C@]12C. The fourth-order valence-electron chi connectivity index (χ4n) is 10.6. The molecule has 0 aromatic rings. The van der Waals surface area contributed by atoms with E-state index in [1.54, 1.807) is 6.92 Å². The molecule has 4 saturated carbocycles. The Morgan fingerprint density at radius 1 is 0.932 bits per heavy atom. The zero-order valence-corrected chi connectivity index (χ0v) is 28.9. The molecule has 0 aromatic carbocycles. The van der Waals surface area contributed by atoms with Gasteiger partial charge in [-0.05, 0) is 156 Å². The summed E-state index contributed by atoms with van der Waals surface area (Å²) in [5, 5.41) is 29.8. The monoisotopic (exact) mass is 643 g/mol. The first-order valence-corrected chi connectivity index (χ1v) is 19.3. The van der Waals surface area contributed by atoms with Crippen LogP contribution in [0.2, 0.25) is 0 Å². The van der Waals surface area contributed by atoms with Crippen LogP contribution in [0.25, 0.3) is 0 Å². The van der Waals surface area contributed by atoms with Crippen LogP contribution >= 0.6 is 0 Å². The minimum Gasteiger partial charge on any atom is -0.393 e. The van der Waals surface area contributed by atoms with Crippen molar-refractivity contribution in [1.29, 1.82) is 0 Å². The summed E-state index contributed by atoms with van der Waals surface area (Å²) in [5.74, 6) is 2.78. The molecular weight excluding hydrogens is 578 g/mol. The van der Waals surface area contributed by atoms with Gasteiger partial charge in [0.2, 0.25) is 0 Å². The van der Waals surface area contributed by atoms with E-state index < -0.39 is 16.5 Å². The number of nitrogens with one attached hydrogen (secondary N) is 2. The van der Waals surface area contributed by atoms with Crippen molar-refractivity contribution in [2.75, 3.05) is 32.8 Å². The van der Waals surface area contributed by atoms with Crippen LogP contribution < -0.4 is 16.4 Å². The van der Waals surface area contributed by atoms with Gasteiger partial charge >= 0.3 is 10.4 Å². The molecule has 0 saturated heterocycles. The van der Waals surface area contributed by atoms with E-state index in [4.69, 9.17) is 10.3 Å². The first-order chi connectivity index (χ1) is 20.8. The minimum atomic E-state index is -4.50. The van der Waals surface area contributed by atoms with E-state index >= 15 is 0 Å². The van der Waals surface area contributed by atoms with Crippen molar-refractivity contribution in [2.24, 2.45) is 58.0 Å². The van der Waals surface area contributed by atoms with Gasteiger partial charge in [-0.25, -0.2) is 4.18 Å². The van der Waals surface area contributed by atoms with Crippen LogP contribution in [0.15, 0.2) is 0 Å². The molecule has 0 amide bonds. The Labute approximate surface area is 268 Å². The van der Waals surface area contributed by atoms with Crippen LogP contribution in [-0.4, -0.2) is 74.2 Å². The van der Waals surface area contributed by atoms with Crippen LogP contribution in [-0.2, 0) is 14.6 Å². The Hall–Kier alpha value is -0.330. The third kappa shape index (κ3) is 8.57. The lowest BCUT2D eigenvalue weighted by atomic mass is 9.43. The predicted molar refractivity (Wildman–Crippen MR) is 175 cm³/mol. The molecule has 7 N–H and O–H groups in total. The first kappa shape index (κ1) is 36.5. The van der Waals surface area contributed by atoms with E-state index in [1.165, 1.54) is 44.9 Å². The molecule has 0 bridgehead atoms. The van der Waals surface area contributed by atoms with E-state index in [0.717, 1.165) is 58.3 Å². The molecule has 4 aliphatic carbocycles. The highest BCUT2D eigenvalue weighted by Gasteiger charge is 2.62. The highest BCUT2D eigenvalue weighted by atomic mass is 32.3. The molecule has 0 radical (unpaired) electrons. The summed E-state index contributed by atoms with van der Waals surface area (Å²) >= 11 is 0. The molecule has 0 aliphatic heterocycles. The number of unbranched alkanes of at least 4 members (excludes halogenated alkanes) is 1. The molecule has 0 heterocycles. The van der Waals surface area contributed by atoms with E-state index in [0.29, 0.717) is 53.4 Å². The lowest BCUT2D eigenvalue weighted by Crippen LogP contribution is -2.59. The maximum absolute atomic E-state index is 11.8. The van der Waals surface area contributed by atoms with Crippen molar-refractivity contribution >= 4 is 10.4 Å². The van der Waals surface area contributed by atoms with Crippen LogP contribution in [0.1, 0.15) is 111 Å². The standard InChI is InChI=1S/C34H65N3O6S/c1-23(8-11-30(38)24(2)22-43-44(40,41)42)27-9-10-28-32-29(13-15-34(27,28)4)33(3)14-12-26(20-25(33)21-31(32)39)37-19-7-18-36-17-6-5-16-35/h23-32,36-39H,5-22,35H2,1-4H3,(H,40,41,42)/t23-,24?,25-,26+,27?,28+,29+,30-,31-,32+,33+,34-/m1/s1. The number of fused-ring (bicyclic) bond motifs is 5. The van der Waals surface area contributed by atoms with Gasteiger partial charge in [-0.3, -0.25) is 4.55 Å². The number of aliphatic hydroxyl groups excluding tert-OH is 2. The zero-order valence-electron chi connectivity index (χ0n) is 28.1. The maximum Gasteiger partial charge on any atom is 0.397 e. The average molecular weight is 644 g/mol. The Morgan fingerprint density at radius 3 is 2.36 bits per heavy atom. The molecular formula is C34H65N3O6S. The number of hydrogen-bond acceptors (Lipinski definition) is 8. The van der Waals surface area contributed by atoms with Crippen LogP contribution in [0.4, 0.5) is 0 Å². The highest BCUT2D eigenvalue weighted by molar-refractivity contribution is 7.80. The third-order valence-electron chi connectivity index (χ3n) is 13.3. The molecule has 0 aromatic heterocycles. The number of nitrogens with two attached hydrogens (primary N) is 1. The highest BCUT2D eigenvalue weighted by Crippen LogP contribution is 2.68. The molecule has 2 unspecified atom stereocenters. The van der Waals surface area contributed by atoms with Crippen molar-refractivity contribution < 1.29 is 27.4 Å². The smallest absolute Gasteiger partial charge is 0.393 e. The van der Waals surface area contributed by atoms with Gasteiger partial charge in [0.25, 0.3) is 0 Å². The average Bonchev–Trinajstić information content (AvgIpc) is 3.33. The first-order valence-electron chi connectivity index (χ1n) is 17.9. The topological polar surface area (TPSA) is 154 Å². The van der Waals surface area contributed by atoms with Gasteiger partial charge in [0, 0.05) is 12.0 Å². The molecule has 4 aliphatic rings. The lowest BCUT2D eigenvalue weighted by Gasteiger charge is -2.62. The number of rotatable bonds is 17. The van der Waals surface area contributed by atoms with E-state index in [1.807, 2.05) is 0 Å². The van der Waals surface area contributed by atoms with Gasteiger partial charge in [0.1, 0.15) is 0 Å². The molecule has 4 fully saturated rings. The second kappa shape index (κ2) is 15.7. The summed E-state index contributed by atoms with van der Waals surface area (Å²) in [6.07, 6.45) is 13.4. The Balaban J connectivity index is 1.28. The minimum absolute atomic E-state index is 0.210. The van der Waals surface area contributed by atoms with E-state index in [2.05, 4.69) is 35.6 Å². The maximum atomic E-state index is 11.8. The van der Waals surface area contributed by atoms with Crippen LogP contribution in [0.5, 0.6) is 0 Å². The van der Waals surface area contributed by atoms with Gasteiger partial charge in [-0.2, -0.15) is 8.42 Å². The largest absolute Gasteiger partial charge is 0.397 e. The summed E-state index contributed by atoms with van der Waals surface area (Å²) in [6.45, 7) is 12.9. The van der Waals surface area contributed by atoms with Crippen molar-refractivity contribution in [3.8, 4) is 0 Å². The molecule has 44 heavy (non-hydrogen) atoms. The van der Waals surface area contributed by atoms with E-state index in [9.17, 15) is 18.6 Å². The molecule has 10 heteroatoms. The number of hydrogen-bond donors (Lipinski definition) is 6. The molecule has 4 rings (SSSR count). The summed E-state index contributed by atoms with van der Waals surface area (Å²) in [4.78, 5) is 0. The fraction of sp³-hybridized carbons (Fsp3) is 1.00. The summed E-state index contributed by atoms with van der Waals surface area (Å²) in [5.41, 5.74) is 6.12. The zero-order chi connectivity index (χ0) is 32.1. The molecule has 12 atom stereocenters. The van der Waals surface area contributed by atoms with E-state index in [-0.39, 0.29) is 24.0 Å². The lowest BCUT2D eigenvalue weighted by molar-refractivity contribution is -0.167. The fourth-order valence-corrected chi connectivity index (χ4v) is 11.0. The van der Waals surface area contributed by atoms with Crippen molar-refractivity contribution in [1.82, 2.24) is 10.6 Å². The van der Waals surface area contributed by atoms with Gasteiger partial charge in [-0.15, -0.1) is 0 Å². The third-order valence-corrected chi connectivity index (χ3v) is 13.7. The second-order valence-corrected chi connectivity index (χ2v) is 17.0. The van der Waals surface area contributed by atoms with Crippen molar-refractivity contribution in [3.05, 3.63) is 0 Å². The van der Waals surface area contributed by atoms with Crippen molar-refractivity contribution in [3.63, 3.8) is 0 Å². The van der Waals surface area contributed by atoms with Crippen LogP contribution in [0.3, 0.4) is 0 Å².